The standard InChI is InChI=1S/C6H9S/c1-5-3-6(2)7-4-5/h4H,3H2,1-2H3. The zero-order valence-electron chi connectivity index (χ0n) is 4.69. The van der Waals surface area contributed by atoms with E-state index in [-0.39, 0.29) is 0 Å². The van der Waals surface area contributed by atoms with Crippen LogP contribution in [0.4, 0.5) is 0 Å². The van der Waals surface area contributed by atoms with Crippen LogP contribution in [0.5, 0.6) is 0 Å². The van der Waals surface area contributed by atoms with Crippen molar-refractivity contribution < 1.29 is 0 Å². The molecule has 0 spiro atoms. The first kappa shape index (κ1) is 5.23. The molecule has 1 radical (unpaired) electrons. The second-order valence-electron chi connectivity index (χ2n) is 1.96. The first-order valence-electron chi connectivity index (χ1n) is 2.44. The molecular weight excluding hydrogens is 104 g/mol. The Kier molecular flexibility index (Phi) is 1.43. The van der Waals surface area contributed by atoms with Gasteiger partial charge in [0.25, 0.3) is 0 Å². The molecule has 0 aromatic carbocycles. The van der Waals surface area contributed by atoms with Crippen LogP contribution in [-0.4, -0.2) is 0 Å². The minimum atomic E-state index is 1.21. The zero-order valence-corrected chi connectivity index (χ0v) is 5.51. The van der Waals surface area contributed by atoms with Crippen molar-refractivity contribution in [3.8, 4) is 0 Å². The maximum absolute atomic E-state index is 2.22. The van der Waals surface area contributed by atoms with Crippen LogP contribution in [0.3, 0.4) is 0 Å². The Morgan fingerprint density at radius 2 is 2.29 bits per heavy atom. The Balaban J connectivity index is 2.42. The molecule has 0 aromatic rings. The van der Waals surface area contributed by atoms with Crippen molar-refractivity contribution in [1.29, 1.82) is 0 Å². The summed E-state index contributed by atoms with van der Waals surface area (Å²) in [5.74, 6) is 0. The molecule has 1 aliphatic rings. The molecule has 7 heavy (non-hydrogen) atoms. The van der Waals surface area contributed by atoms with Gasteiger partial charge in [0.05, 0.1) is 0 Å². The molecule has 0 unspecified atom stereocenters. The third-order valence-electron chi connectivity index (χ3n) is 0.989. The van der Waals surface area contributed by atoms with Crippen molar-refractivity contribution in [3.63, 3.8) is 0 Å². The highest BCUT2D eigenvalue weighted by molar-refractivity contribution is 8.05. The highest BCUT2D eigenvalue weighted by Gasteiger charge is 2.08. The van der Waals surface area contributed by atoms with Crippen molar-refractivity contribution in [2.45, 2.75) is 20.3 Å². The molecular formula is C6H9S. The van der Waals surface area contributed by atoms with Crippen LogP contribution in [0.2, 0.25) is 0 Å². The summed E-state index contributed by atoms with van der Waals surface area (Å²) in [5.41, 5.74) is 1.50. The molecule has 1 heteroatoms. The average molecular weight is 113 g/mol. The van der Waals surface area contributed by atoms with E-state index in [2.05, 4.69) is 19.3 Å². The topological polar surface area (TPSA) is 0 Å². The van der Waals surface area contributed by atoms with Gasteiger partial charge in [-0.2, -0.15) is 0 Å². The van der Waals surface area contributed by atoms with Crippen LogP contribution in [-0.2, 0) is 0 Å². The quantitative estimate of drug-likeness (QED) is 0.465. The normalized spacial score (nSPS) is 22.9. The Morgan fingerprint density at radius 3 is 2.43 bits per heavy atom. The second-order valence-corrected chi connectivity index (χ2v) is 3.13. The summed E-state index contributed by atoms with van der Waals surface area (Å²) in [6, 6.07) is 0. The maximum atomic E-state index is 2.22. The SMILES string of the molecule is C[C]1CC(C)=CS1. The number of hydrogen-bond acceptors (Lipinski definition) is 1. The number of thioether (sulfide) groups is 1. The summed E-state index contributed by atoms with van der Waals surface area (Å²) >= 11 is 1.86. The number of rotatable bonds is 0. The van der Waals surface area contributed by atoms with E-state index in [0.29, 0.717) is 0 Å². The van der Waals surface area contributed by atoms with Crippen LogP contribution in [0, 0.1) is 5.25 Å². The highest BCUT2D eigenvalue weighted by Crippen LogP contribution is 2.34. The van der Waals surface area contributed by atoms with Crippen LogP contribution in [0.25, 0.3) is 0 Å². The van der Waals surface area contributed by atoms with Gasteiger partial charge < -0.3 is 0 Å². The van der Waals surface area contributed by atoms with E-state index in [0.717, 1.165) is 0 Å². The van der Waals surface area contributed by atoms with Crippen LogP contribution in [0.1, 0.15) is 20.3 Å². The van der Waals surface area contributed by atoms with Crippen molar-refractivity contribution in [3.05, 3.63) is 16.2 Å². The summed E-state index contributed by atoms with van der Waals surface area (Å²) in [6.45, 7) is 4.35. The fraction of sp³-hybridized carbons (Fsp3) is 0.500. The summed E-state index contributed by atoms with van der Waals surface area (Å²) < 4.78 is 0. The van der Waals surface area contributed by atoms with Crippen molar-refractivity contribution in [1.82, 2.24) is 0 Å². The first-order valence-corrected chi connectivity index (χ1v) is 3.32. The fourth-order valence-electron chi connectivity index (χ4n) is 0.677. The van der Waals surface area contributed by atoms with Gasteiger partial charge in [-0.1, -0.05) is 5.57 Å². The van der Waals surface area contributed by atoms with Crippen LogP contribution in [0.15, 0.2) is 11.0 Å². The van der Waals surface area contributed by atoms with E-state index in [1.165, 1.54) is 17.2 Å². The molecule has 0 bridgehead atoms. The summed E-state index contributed by atoms with van der Waals surface area (Å²) in [7, 11) is 0. The lowest BCUT2D eigenvalue weighted by Gasteiger charge is -1.93. The third-order valence-corrected chi connectivity index (χ3v) is 2.06. The fourth-order valence-corrected chi connectivity index (χ4v) is 1.47. The molecule has 0 saturated carbocycles. The molecule has 1 aliphatic heterocycles. The lowest BCUT2D eigenvalue weighted by Crippen LogP contribution is -1.74. The molecule has 1 heterocycles. The van der Waals surface area contributed by atoms with Crippen LogP contribution >= 0.6 is 11.8 Å². The minimum Gasteiger partial charge on any atom is -0.126 e. The van der Waals surface area contributed by atoms with Gasteiger partial charge in [0.15, 0.2) is 0 Å². The van der Waals surface area contributed by atoms with Gasteiger partial charge in [0, 0.05) is 5.25 Å². The predicted octanol–water partition coefficient (Wildman–Crippen LogP) is 2.58. The summed E-state index contributed by atoms with van der Waals surface area (Å²) in [6.07, 6.45) is 1.21. The van der Waals surface area contributed by atoms with Gasteiger partial charge in [-0.15, -0.1) is 11.8 Å². The van der Waals surface area contributed by atoms with Gasteiger partial charge in [0.2, 0.25) is 0 Å². The molecule has 1 rings (SSSR count). The number of hydrogen-bond donors (Lipinski definition) is 0. The predicted molar refractivity (Wildman–Crippen MR) is 34.9 cm³/mol. The van der Waals surface area contributed by atoms with E-state index >= 15 is 0 Å². The monoisotopic (exact) mass is 113 g/mol. The lowest BCUT2D eigenvalue weighted by molar-refractivity contribution is 1.10. The molecule has 39 valence electrons. The van der Waals surface area contributed by atoms with E-state index in [1.807, 2.05) is 11.8 Å². The second kappa shape index (κ2) is 1.91. The molecule has 0 fully saturated rings. The summed E-state index contributed by atoms with van der Waals surface area (Å²) in [4.78, 5) is 0. The largest absolute Gasteiger partial charge is 0.126 e. The van der Waals surface area contributed by atoms with E-state index < -0.39 is 0 Å². The van der Waals surface area contributed by atoms with Gasteiger partial charge in [-0.25, -0.2) is 0 Å². The van der Waals surface area contributed by atoms with Gasteiger partial charge in [0.1, 0.15) is 0 Å². The van der Waals surface area contributed by atoms with Gasteiger partial charge in [-0.3, -0.25) is 0 Å². The average Bonchev–Trinajstić information content (AvgIpc) is 1.87. The van der Waals surface area contributed by atoms with Crippen LogP contribution < -0.4 is 0 Å². The molecule has 0 aromatic heterocycles. The minimum absolute atomic E-state index is 1.21. The molecule has 0 amide bonds. The Labute approximate surface area is 49.0 Å². The van der Waals surface area contributed by atoms with Crippen molar-refractivity contribution >= 4 is 11.8 Å². The highest BCUT2D eigenvalue weighted by atomic mass is 32.2. The summed E-state index contributed by atoms with van der Waals surface area (Å²) in [5, 5.41) is 3.74. The van der Waals surface area contributed by atoms with E-state index in [9.17, 15) is 0 Å². The first-order chi connectivity index (χ1) is 3.29. The van der Waals surface area contributed by atoms with E-state index in [1.54, 1.807) is 0 Å². The number of allylic oxidation sites excluding steroid dienone is 1. The Morgan fingerprint density at radius 1 is 1.57 bits per heavy atom. The Hall–Kier alpha value is 0.0900. The van der Waals surface area contributed by atoms with Crippen molar-refractivity contribution in [2.75, 3.05) is 0 Å². The molecule has 0 nitrogen and oxygen atoms in total. The van der Waals surface area contributed by atoms with Crippen molar-refractivity contribution in [2.24, 2.45) is 0 Å². The zero-order chi connectivity index (χ0) is 5.28. The maximum Gasteiger partial charge on any atom is 0.0360 e. The van der Waals surface area contributed by atoms with Gasteiger partial charge >= 0.3 is 0 Å². The molecule has 0 aliphatic carbocycles. The smallest absolute Gasteiger partial charge is 0.0360 e. The lowest BCUT2D eigenvalue weighted by atomic mass is 10.2. The molecule has 0 saturated heterocycles. The molecule has 0 atom stereocenters. The molecule has 0 N–H and O–H groups in total. The Bertz CT molecular complexity index is 94.4. The van der Waals surface area contributed by atoms with Gasteiger partial charge in [-0.05, 0) is 25.7 Å². The van der Waals surface area contributed by atoms with E-state index in [4.69, 9.17) is 0 Å². The third kappa shape index (κ3) is 1.23.